The first-order chi connectivity index (χ1) is 12.7. The summed E-state index contributed by atoms with van der Waals surface area (Å²) in [5.41, 5.74) is 2.38. The Morgan fingerprint density at radius 2 is 1.92 bits per heavy atom. The zero-order valence-electron chi connectivity index (χ0n) is 14.3. The topological polar surface area (TPSA) is 89.2 Å². The number of methoxy groups -OCH3 is 2. The molecular weight excluding hydrogens is 332 g/mol. The summed E-state index contributed by atoms with van der Waals surface area (Å²) in [5.74, 6) is 0.301. The summed E-state index contributed by atoms with van der Waals surface area (Å²) in [4.78, 5) is 17.0. The number of ether oxygens (including phenoxy) is 2. The first-order valence-corrected chi connectivity index (χ1v) is 8.07. The third kappa shape index (κ3) is 2.27. The molecule has 2 aromatic carbocycles. The van der Waals surface area contributed by atoms with Crippen molar-refractivity contribution in [3.05, 3.63) is 48.0 Å². The lowest BCUT2D eigenvalue weighted by molar-refractivity contribution is -0.119. The summed E-state index contributed by atoms with van der Waals surface area (Å²) < 4.78 is 12.6. The van der Waals surface area contributed by atoms with Crippen LogP contribution in [0.5, 0.6) is 11.5 Å². The molecule has 0 bridgehead atoms. The molecule has 130 valence electrons. The Hall–Kier alpha value is -3.53. The Kier molecular flexibility index (Phi) is 3.73. The van der Waals surface area contributed by atoms with Gasteiger partial charge in [0.15, 0.2) is 17.4 Å². The standard InChI is InChI=1S/C19H16N4O3/c1-25-15-8-7-11(9-16(15)26-2)17-12(10-20)18(24)22-19-21-13-5-3-4-6-14(13)23(17)19/h3-9,12,17H,1-2H3,(H,21,22,24)/t12-,17+/m0/s1. The zero-order chi connectivity index (χ0) is 18.3. The molecule has 3 aromatic rings. The number of carbonyl (C=O) groups is 1. The van der Waals surface area contributed by atoms with Crippen LogP contribution in [0.25, 0.3) is 11.0 Å². The maximum absolute atomic E-state index is 12.5. The van der Waals surface area contributed by atoms with Crippen LogP contribution in [0, 0.1) is 17.2 Å². The van der Waals surface area contributed by atoms with Crippen molar-refractivity contribution in [1.82, 2.24) is 9.55 Å². The molecule has 0 fully saturated rings. The first-order valence-electron chi connectivity index (χ1n) is 8.07. The fraction of sp³-hybridized carbons (Fsp3) is 0.211. The average Bonchev–Trinajstić information content (AvgIpc) is 3.04. The molecule has 0 aliphatic carbocycles. The Morgan fingerprint density at radius 1 is 1.15 bits per heavy atom. The van der Waals surface area contributed by atoms with Gasteiger partial charge in [0, 0.05) is 0 Å². The summed E-state index contributed by atoms with van der Waals surface area (Å²) in [6.45, 7) is 0. The van der Waals surface area contributed by atoms with Crippen LogP contribution in [0.2, 0.25) is 0 Å². The van der Waals surface area contributed by atoms with Gasteiger partial charge in [-0.2, -0.15) is 5.26 Å². The highest BCUT2D eigenvalue weighted by Gasteiger charge is 2.39. The predicted molar refractivity (Wildman–Crippen MR) is 95.2 cm³/mol. The Morgan fingerprint density at radius 3 is 2.65 bits per heavy atom. The normalized spacial score (nSPS) is 18.7. The molecule has 1 aliphatic heterocycles. The van der Waals surface area contributed by atoms with Crippen molar-refractivity contribution >= 4 is 22.9 Å². The molecule has 0 spiro atoms. The molecule has 7 heteroatoms. The van der Waals surface area contributed by atoms with Crippen LogP contribution in [0.3, 0.4) is 0 Å². The van der Waals surface area contributed by atoms with Gasteiger partial charge < -0.3 is 14.0 Å². The van der Waals surface area contributed by atoms with E-state index in [9.17, 15) is 10.1 Å². The molecule has 7 nitrogen and oxygen atoms in total. The van der Waals surface area contributed by atoms with Gasteiger partial charge in [0.1, 0.15) is 0 Å². The number of benzene rings is 2. The molecule has 0 saturated carbocycles. The summed E-state index contributed by atoms with van der Waals surface area (Å²) >= 11 is 0. The van der Waals surface area contributed by atoms with Crippen molar-refractivity contribution < 1.29 is 14.3 Å². The van der Waals surface area contributed by atoms with E-state index < -0.39 is 12.0 Å². The number of anilines is 1. The average molecular weight is 348 g/mol. The van der Waals surface area contributed by atoms with E-state index in [2.05, 4.69) is 16.4 Å². The highest BCUT2D eigenvalue weighted by atomic mass is 16.5. The second kappa shape index (κ2) is 6.08. The van der Waals surface area contributed by atoms with Gasteiger partial charge in [0.05, 0.1) is 37.4 Å². The van der Waals surface area contributed by atoms with Crippen molar-refractivity contribution in [3.63, 3.8) is 0 Å². The molecule has 2 heterocycles. The second-order valence-electron chi connectivity index (χ2n) is 5.95. The van der Waals surface area contributed by atoms with Gasteiger partial charge in [0.2, 0.25) is 11.9 Å². The van der Waals surface area contributed by atoms with Crippen molar-refractivity contribution in [3.8, 4) is 17.6 Å². The maximum Gasteiger partial charge on any atom is 0.246 e. The van der Waals surface area contributed by atoms with Crippen LogP contribution < -0.4 is 14.8 Å². The molecule has 1 aromatic heterocycles. The summed E-state index contributed by atoms with van der Waals surface area (Å²) in [7, 11) is 3.11. The van der Waals surface area contributed by atoms with E-state index in [4.69, 9.17) is 9.47 Å². The third-order valence-electron chi connectivity index (χ3n) is 4.60. The number of hydrogen-bond acceptors (Lipinski definition) is 5. The molecular formula is C19H16N4O3. The van der Waals surface area contributed by atoms with Crippen LogP contribution >= 0.6 is 0 Å². The lowest BCUT2D eigenvalue weighted by atomic mass is 9.91. The molecule has 1 N–H and O–H groups in total. The van der Waals surface area contributed by atoms with E-state index in [0.29, 0.717) is 17.4 Å². The number of aromatic nitrogens is 2. The van der Waals surface area contributed by atoms with Gasteiger partial charge in [-0.1, -0.05) is 18.2 Å². The summed E-state index contributed by atoms with van der Waals surface area (Å²) in [6, 6.07) is 14.6. The predicted octanol–water partition coefficient (Wildman–Crippen LogP) is 2.73. The first kappa shape index (κ1) is 16.0. The molecule has 0 unspecified atom stereocenters. The summed E-state index contributed by atoms with van der Waals surface area (Å²) in [5, 5.41) is 12.4. The number of carbonyl (C=O) groups excluding carboxylic acids is 1. The van der Waals surface area contributed by atoms with Crippen LogP contribution in [0.4, 0.5) is 5.95 Å². The number of nitriles is 1. The molecule has 2 atom stereocenters. The molecule has 1 aliphatic rings. The third-order valence-corrected chi connectivity index (χ3v) is 4.60. The fourth-order valence-electron chi connectivity index (χ4n) is 3.40. The largest absolute Gasteiger partial charge is 0.493 e. The van der Waals surface area contributed by atoms with E-state index in [0.717, 1.165) is 16.6 Å². The number of rotatable bonds is 3. The fourth-order valence-corrected chi connectivity index (χ4v) is 3.40. The van der Waals surface area contributed by atoms with E-state index in [1.165, 1.54) is 0 Å². The molecule has 1 amide bonds. The molecule has 0 saturated heterocycles. The SMILES string of the molecule is COc1ccc([C@@H]2[C@H](C#N)C(=O)Nc3nc4ccccc4n32)cc1OC. The highest BCUT2D eigenvalue weighted by molar-refractivity contribution is 5.97. The zero-order valence-corrected chi connectivity index (χ0v) is 14.3. The smallest absolute Gasteiger partial charge is 0.246 e. The highest BCUT2D eigenvalue weighted by Crippen LogP contribution is 2.40. The van der Waals surface area contributed by atoms with Crippen LogP contribution in [0.1, 0.15) is 11.6 Å². The number of nitrogens with one attached hydrogen (secondary N) is 1. The molecule has 26 heavy (non-hydrogen) atoms. The molecule has 0 radical (unpaired) electrons. The van der Waals surface area contributed by atoms with Gasteiger partial charge in [-0.15, -0.1) is 0 Å². The number of hydrogen-bond donors (Lipinski definition) is 1. The number of para-hydroxylation sites is 2. The van der Waals surface area contributed by atoms with Crippen LogP contribution in [-0.4, -0.2) is 29.7 Å². The van der Waals surface area contributed by atoms with Gasteiger partial charge in [-0.25, -0.2) is 4.98 Å². The van der Waals surface area contributed by atoms with Crippen molar-refractivity contribution in [1.29, 1.82) is 5.26 Å². The van der Waals surface area contributed by atoms with E-state index in [-0.39, 0.29) is 5.91 Å². The Balaban J connectivity index is 1.97. The van der Waals surface area contributed by atoms with Crippen molar-refractivity contribution in [2.24, 2.45) is 5.92 Å². The van der Waals surface area contributed by atoms with Gasteiger partial charge in [0.25, 0.3) is 0 Å². The molecule has 4 rings (SSSR count). The number of nitrogens with zero attached hydrogens (tertiary/aromatic N) is 3. The quantitative estimate of drug-likeness (QED) is 0.786. The van der Waals surface area contributed by atoms with Gasteiger partial charge in [-0.3, -0.25) is 10.1 Å². The van der Waals surface area contributed by atoms with Crippen molar-refractivity contribution in [2.45, 2.75) is 6.04 Å². The minimum atomic E-state index is -0.891. The maximum atomic E-state index is 12.5. The Bertz CT molecular complexity index is 1050. The lowest BCUT2D eigenvalue weighted by Gasteiger charge is -2.30. The minimum absolute atomic E-state index is 0.366. The van der Waals surface area contributed by atoms with E-state index in [1.54, 1.807) is 26.4 Å². The van der Waals surface area contributed by atoms with E-state index >= 15 is 0 Å². The van der Waals surface area contributed by atoms with Gasteiger partial charge in [-0.05, 0) is 29.8 Å². The second-order valence-corrected chi connectivity index (χ2v) is 5.95. The van der Waals surface area contributed by atoms with Gasteiger partial charge >= 0.3 is 0 Å². The summed E-state index contributed by atoms with van der Waals surface area (Å²) in [6.07, 6.45) is 0. The number of amides is 1. The number of imidazole rings is 1. The number of fused-ring (bicyclic) bond motifs is 3. The Labute approximate surface area is 149 Å². The van der Waals surface area contributed by atoms with Crippen LogP contribution in [-0.2, 0) is 4.79 Å². The monoisotopic (exact) mass is 348 g/mol. The minimum Gasteiger partial charge on any atom is -0.493 e. The van der Waals surface area contributed by atoms with Crippen LogP contribution in [0.15, 0.2) is 42.5 Å². The lowest BCUT2D eigenvalue weighted by Crippen LogP contribution is -2.37. The van der Waals surface area contributed by atoms with E-state index in [1.807, 2.05) is 34.9 Å². The van der Waals surface area contributed by atoms with Crippen molar-refractivity contribution in [2.75, 3.05) is 19.5 Å².